The van der Waals surface area contributed by atoms with E-state index in [9.17, 15) is 0 Å². The first-order chi connectivity index (χ1) is 28.1. The van der Waals surface area contributed by atoms with Gasteiger partial charge in [0.15, 0.2) is 0 Å². The molecule has 3 aromatic heterocycles. The van der Waals surface area contributed by atoms with Crippen molar-refractivity contribution in [3.8, 4) is 57.3 Å². The zero-order chi connectivity index (χ0) is 38.6. The molecule has 0 unspecified atom stereocenters. The Balaban J connectivity index is 0.865. The van der Waals surface area contributed by atoms with Crippen molar-refractivity contribution in [2.75, 3.05) is 13.2 Å². The van der Waals surface area contributed by atoms with E-state index in [0.717, 1.165) is 56.0 Å². The summed E-state index contributed by atoms with van der Waals surface area (Å²) in [5.74, 6) is 3.52. The van der Waals surface area contributed by atoms with Gasteiger partial charge in [-0.05, 0) is 133 Å². The third kappa shape index (κ3) is 7.87. The van der Waals surface area contributed by atoms with Crippen molar-refractivity contribution in [1.29, 1.82) is 0 Å². The second kappa shape index (κ2) is 15.9. The van der Waals surface area contributed by atoms with Gasteiger partial charge in [-0.15, -0.1) is 31.7 Å². The van der Waals surface area contributed by atoms with Gasteiger partial charge in [0.05, 0.1) is 13.2 Å². The summed E-state index contributed by atoms with van der Waals surface area (Å²) in [6.07, 6.45) is 8.55. The van der Waals surface area contributed by atoms with Crippen LogP contribution in [0.25, 0.3) is 90.3 Å². The van der Waals surface area contributed by atoms with Gasteiger partial charge in [0, 0.05) is 42.4 Å². The van der Waals surface area contributed by atoms with Crippen LogP contribution in [0.3, 0.4) is 0 Å². The number of aromatic nitrogens is 4. The molecular weight excluding hydrogens is 729 g/mol. The lowest BCUT2D eigenvalue weighted by atomic mass is 10.0. The molecule has 278 valence electrons. The molecule has 0 aliphatic rings. The number of hydrogen-bond acceptors (Lipinski definition) is 9. The Bertz CT molecular complexity index is 2660. The van der Waals surface area contributed by atoms with Gasteiger partial charge in [-0.1, -0.05) is 60.7 Å². The Hall–Kier alpha value is -7.10. The smallest absolute Gasteiger partial charge is 0.248 e. The van der Waals surface area contributed by atoms with E-state index < -0.39 is 0 Å². The van der Waals surface area contributed by atoms with E-state index in [0.29, 0.717) is 36.8 Å². The first kappa shape index (κ1) is 35.6. The number of benzene rings is 6. The van der Waals surface area contributed by atoms with Crippen LogP contribution >= 0.6 is 11.3 Å². The number of ether oxygens (including phenoxy) is 2. The molecule has 0 saturated heterocycles. The summed E-state index contributed by atoms with van der Waals surface area (Å²) in [6.45, 7) is 5.16. The van der Waals surface area contributed by atoms with Crippen molar-refractivity contribution in [3.63, 3.8) is 0 Å². The predicted molar refractivity (Wildman–Crippen MR) is 230 cm³/mol. The first-order valence-corrected chi connectivity index (χ1v) is 19.6. The summed E-state index contributed by atoms with van der Waals surface area (Å²) in [5.41, 5.74) is 7.85. The van der Waals surface area contributed by atoms with Crippen LogP contribution in [0.15, 0.2) is 142 Å². The van der Waals surface area contributed by atoms with Crippen LogP contribution < -0.4 is 9.47 Å². The molecule has 0 spiro atoms. The number of thiophene rings is 1. The van der Waals surface area contributed by atoms with E-state index in [4.69, 9.17) is 18.3 Å². The van der Waals surface area contributed by atoms with Crippen molar-refractivity contribution in [2.24, 2.45) is 0 Å². The van der Waals surface area contributed by atoms with Gasteiger partial charge in [0.25, 0.3) is 0 Å². The fourth-order valence-corrected chi connectivity index (χ4v) is 7.58. The Labute approximate surface area is 333 Å². The minimum Gasteiger partial charge on any atom is -0.494 e. The Morgan fingerprint density at radius 1 is 0.421 bits per heavy atom. The molecule has 0 saturated carbocycles. The third-order valence-corrected chi connectivity index (χ3v) is 10.6. The van der Waals surface area contributed by atoms with E-state index in [1.54, 1.807) is 0 Å². The molecule has 57 heavy (non-hydrogen) atoms. The van der Waals surface area contributed by atoms with Gasteiger partial charge < -0.3 is 18.3 Å². The summed E-state index contributed by atoms with van der Waals surface area (Å²) in [5, 5.41) is 19.5. The van der Waals surface area contributed by atoms with E-state index in [1.165, 1.54) is 20.2 Å². The van der Waals surface area contributed by atoms with Crippen molar-refractivity contribution >= 4 is 55.8 Å². The Morgan fingerprint density at radius 3 is 1.09 bits per heavy atom. The standard InChI is InChI=1S/C48H36N4O4S/c1-3-53-39-23-19-37(20-24-39)47-51-49-45(55-47)35-15-9-31(10-16-35)5-7-33-13-27-43-41(29-33)42-30-34(14-28-44(42)57-43)8-6-32-11-17-36(18-12-32)46-50-52-48(56-46)38-21-25-40(26-22-38)54-4-2/h5-30H,3-4H2,1-2H3/b7-5+,8-6+. The lowest BCUT2D eigenvalue weighted by Gasteiger charge is -2.02. The van der Waals surface area contributed by atoms with Crippen molar-refractivity contribution < 1.29 is 18.3 Å². The highest BCUT2D eigenvalue weighted by atomic mass is 32.1. The molecule has 0 radical (unpaired) electrons. The minimum absolute atomic E-state index is 0.472. The van der Waals surface area contributed by atoms with Crippen LogP contribution in [0, 0.1) is 0 Å². The van der Waals surface area contributed by atoms with E-state index in [1.807, 2.05) is 98.0 Å². The average Bonchev–Trinajstić information content (AvgIpc) is 4.03. The third-order valence-electron chi connectivity index (χ3n) is 9.44. The normalized spacial score (nSPS) is 11.7. The number of rotatable bonds is 12. The highest BCUT2D eigenvalue weighted by Gasteiger charge is 2.13. The lowest BCUT2D eigenvalue weighted by molar-refractivity contribution is 0.340. The molecule has 0 atom stereocenters. The van der Waals surface area contributed by atoms with Crippen LogP contribution in [0.4, 0.5) is 0 Å². The SMILES string of the molecule is CCOc1ccc(-c2nnc(-c3ccc(/C=C/c4ccc5sc6ccc(/C=C/c7ccc(-c8nnc(-c9ccc(OCC)cc9)o8)cc7)cc6c5c4)cc3)o2)cc1. The number of fused-ring (bicyclic) bond motifs is 3. The molecule has 9 heteroatoms. The molecule has 3 heterocycles. The highest BCUT2D eigenvalue weighted by Crippen LogP contribution is 2.36. The van der Waals surface area contributed by atoms with Gasteiger partial charge in [-0.2, -0.15) is 0 Å². The van der Waals surface area contributed by atoms with Crippen LogP contribution in [-0.4, -0.2) is 33.6 Å². The van der Waals surface area contributed by atoms with Crippen molar-refractivity contribution in [1.82, 2.24) is 20.4 Å². The molecule has 0 fully saturated rings. The largest absolute Gasteiger partial charge is 0.494 e. The number of nitrogens with zero attached hydrogens (tertiary/aromatic N) is 4. The molecule has 0 bridgehead atoms. The van der Waals surface area contributed by atoms with Gasteiger partial charge >= 0.3 is 0 Å². The molecule has 9 aromatic rings. The highest BCUT2D eigenvalue weighted by molar-refractivity contribution is 7.25. The molecule has 0 amide bonds. The number of hydrogen-bond donors (Lipinski definition) is 0. The monoisotopic (exact) mass is 764 g/mol. The molecular formula is C48H36N4O4S. The molecule has 0 N–H and O–H groups in total. The summed E-state index contributed by atoms with van der Waals surface area (Å²) in [7, 11) is 0. The summed E-state index contributed by atoms with van der Waals surface area (Å²) < 4.78 is 25.6. The van der Waals surface area contributed by atoms with Gasteiger partial charge in [0.1, 0.15) is 11.5 Å². The predicted octanol–water partition coefficient (Wildman–Crippen LogP) is 12.6. The quantitative estimate of drug-likeness (QED) is 0.113. The maximum absolute atomic E-state index is 5.98. The molecule has 8 nitrogen and oxygen atoms in total. The van der Waals surface area contributed by atoms with Gasteiger partial charge in [0.2, 0.25) is 23.6 Å². The zero-order valence-corrected chi connectivity index (χ0v) is 32.1. The Kier molecular flexibility index (Phi) is 9.95. The molecule has 0 aliphatic heterocycles. The Morgan fingerprint density at radius 2 is 0.737 bits per heavy atom. The lowest BCUT2D eigenvalue weighted by Crippen LogP contribution is -1.90. The molecule has 9 rings (SSSR count). The summed E-state index contributed by atoms with van der Waals surface area (Å²) in [6, 6.07) is 44.8. The topological polar surface area (TPSA) is 96.3 Å². The maximum Gasteiger partial charge on any atom is 0.248 e. The minimum atomic E-state index is 0.472. The maximum atomic E-state index is 5.98. The van der Waals surface area contributed by atoms with Crippen LogP contribution in [0.2, 0.25) is 0 Å². The molecule has 0 aliphatic carbocycles. The second-order valence-electron chi connectivity index (χ2n) is 13.3. The summed E-state index contributed by atoms with van der Waals surface area (Å²) >= 11 is 1.81. The van der Waals surface area contributed by atoms with Crippen LogP contribution in [0.1, 0.15) is 36.1 Å². The van der Waals surface area contributed by atoms with Gasteiger partial charge in [-0.3, -0.25) is 0 Å². The second-order valence-corrected chi connectivity index (χ2v) is 14.3. The average molecular weight is 765 g/mol. The fraction of sp³-hybridized carbons (Fsp3) is 0.0833. The van der Waals surface area contributed by atoms with Crippen molar-refractivity contribution in [3.05, 3.63) is 156 Å². The van der Waals surface area contributed by atoms with E-state index in [2.05, 4.69) is 105 Å². The fourth-order valence-electron chi connectivity index (χ4n) is 6.51. The van der Waals surface area contributed by atoms with Crippen molar-refractivity contribution in [2.45, 2.75) is 13.8 Å². The van der Waals surface area contributed by atoms with Crippen LogP contribution in [-0.2, 0) is 0 Å². The summed E-state index contributed by atoms with van der Waals surface area (Å²) in [4.78, 5) is 0. The molecule has 6 aromatic carbocycles. The van der Waals surface area contributed by atoms with Crippen LogP contribution in [0.5, 0.6) is 11.5 Å². The zero-order valence-electron chi connectivity index (χ0n) is 31.3. The van der Waals surface area contributed by atoms with E-state index in [-0.39, 0.29) is 0 Å². The van der Waals surface area contributed by atoms with Gasteiger partial charge in [-0.25, -0.2) is 0 Å². The van der Waals surface area contributed by atoms with E-state index >= 15 is 0 Å². The first-order valence-electron chi connectivity index (χ1n) is 18.8.